The molecule has 1 fully saturated rings. The Labute approximate surface area is 161 Å². The van der Waals surface area contributed by atoms with Gasteiger partial charge in [-0.1, -0.05) is 6.07 Å². The minimum atomic E-state index is -0.0377. The summed E-state index contributed by atoms with van der Waals surface area (Å²) < 4.78 is 0.836. The van der Waals surface area contributed by atoms with E-state index in [0.717, 1.165) is 21.3 Å². The number of likely N-dealkylation sites (tertiary alicyclic amines) is 1. The number of amides is 1. The second kappa shape index (κ2) is 7.21. The second-order valence-electron chi connectivity index (χ2n) is 6.89. The molecule has 4 rings (SSSR count). The number of aryl methyl sites for hydroxylation is 1. The number of nitrogens with zero attached hydrogens (tertiary/aromatic N) is 4. The van der Waals surface area contributed by atoms with E-state index in [1.54, 1.807) is 0 Å². The third-order valence-corrected chi connectivity index (χ3v) is 5.74. The molecule has 7 nitrogen and oxygen atoms in total. The van der Waals surface area contributed by atoms with Crippen LogP contribution in [0.4, 0.5) is 5.95 Å². The first-order valence-corrected chi connectivity index (χ1v) is 9.83. The van der Waals surface area contributed by atoms with Crippen LogP contribution in [0.3, 0.4) is 0 Å². The first kappa shape index (κ1) is 17.8. The molecule has 0 aliphatic carbocycles. The Morgan fingerprint density at radius 3 is 2.89 bits per heavy atom. The number of thiophene rings is 1. The summed E-state index contributed by atoms with van der Waals surface area (Å²) in [4.78, 5) is 28.2. The summed E-state index contributed by atoms with van der Waals surface area (Å²) in [7, 11) is 1.91. The van der Waals surface area contributed by atoms with E-state index in [9.17, 15) is 4.79 Å². The van der Waals surface area contributed by atoms with Gasteiger partial charge >= 0.3 is 0 Å². The molecule has 1 aliphatic heterocycles. The number of carbonyl (C=O) groups is 1. The number of fused-ring (bicyclic) bond motifs is 1. The first-order chi connectivity index (χ1) is 13.0. The zero-order valence-corrected chi connectivity index (χ0v) is 16.4. The minimum absolute atomic E-state index is 0.0193. The van der Waals surface area contributed by atoms with Crippen molar-refractivity contribution in [3.05, 3.63) is 46.7 Å². The van der Waals surface area contributed by atoms with Gasteiger partial charge in [-0.05, 0) is 43.5 Å². The molecule has 0 bridgehead atoms. The van der Waals surface area contributed by atoms with Crippen molar-refractivity contribution >= 4 is 33.4 Å². The number of carbonyl (C=O) groups excluding carboxylic acids is 1. The van der Waals surface area contributed by atoms with Gasteiger partial charge in [0.15, 0.2) is 5.69 Å². The molecule has 0 radical (unpaired) electrons. The molecule has 4 heterocycles. The van der Waals surface area contributed by atoms with Gasteiger partial charge in [0.2, 0.25) is 5.95 Å². The number of hydrogen-bond donors (Lipinski definition) is 2. The molecule has 0 saturated carbocycles. The zero-order chi connectivity index (χ0) is 19.0. The lowest BCUT2D eigenvalue weighted by Gasteiger charge is -2.38. The first-order valence-electron chi connectivity index (χ1n) is 8.95. The molecule has 2 N–H and O–H groups in total. The molecule has 27 heavy (non-hydrogen) atoms. The van der Waals surface area contributed by atoms with E-state index in [-0.39, 0.29) is 11.9 Å². The lowest BCUT2D eigenvalue weighted by atomic mass is 10.1. The fourth-order valence-corrected chi connectivity index (χ4v) is 3.95. The number of likely N-dealkylation sites (N-methyl/N-ethyl adjacent to an activating group) is 1. The van der Waals surface area contributed by atoms with Crippen molar-refractivity contribution in [1.29, 1.82) is 0 Å². The average Bonchev–Trinajstić information content (AvgIpc) is 3.08. The highest BCUT2D eigenvalue weighted by molar-refractivity contribution is 7.17. The monoisotopic (exact) mass is 382 g/mol. The molecule has 1 atom stereocenters. The predicted molar refractivity (Wildman–Crippen MR) is 107 cm³/mol. The number of nitrogens with one attached hydrogen (secondary N) is 2. The Morgan fingerprint density at radius 1 is 1.33 bits per heavy atom. The molecule has 0 spiro atoms. The summed E-state index contributed by atoms with van der Waals surface area (Å²) in [5.74, 6) is 0.424. The van der Waals surface area contributed by atoms with Gasteiger partial charge in [0.1, 0.15) is 0 Å². The number of hydrogen-bond acceptors (Lipinski definition) is 7. The lowest BCUT2D eigenvalue weighted by molar-refractivity contribution is 0.0573. The van der Waals surface area contributed by atoms with Gasteiger partial charge in [-0.3, -0.25) is 9.78 Å². The van der Waals surface area contributed by atoms with Crippen LogP contribution in [-0.2, 0) is 0 Å². The Kier molecular flexibility index (Phi) is 4.75. The van der Waals surface area contributed by atoms with Gasteiger partial charge in [0.25, 0.3) is 5.91 Å². The van der Waals surface area contributed by atoms with Crippen LogP contribution in [0.2, 0.25) is 0 Å². The van der Waals surface area contributed by atoms with Crippen molar-refractivity contribution in [2.75, 3.05) is 25.5 Å². The molecule has 8 heteroatoms. The maximum Gasteiger partial charge on any atom is 0.274 e. The van der Waals surface area contributed by atoms with Crippen LogP contribution < -0.4 is 10.6 Å². The molecule has 3 aromatic rings. The third kappa shape index (κ3) is 3.50. The number of anilines is 1. The molecular weight excluding hydrogens is 360 g/mol. The SMILES string of the molecule is CNC1CN(C(=O)c2nc(NC(C)c3cncc(C)c3)nc3ccsc23)C1. The summed E-state index contributed by atoms with van der Waals surface area (Å²) in [5.41, 5.74) is 3.42. The molecular formula is C19H22N6OS. The standard InChI is InChI=1S/C19H22N6OS/c1-11-6-13(8-21-7-11)12(2)22-19-23-15-4-5-27-17(15)16(24-19)18(26)25-9-14(10-25)20-3/h4-8,12,14,20H,9-10H2,1-3H3,(H,22,23,24). The van der Waals surface area contributed by atoms with Crippen molar-refractivity contribution in [3.8, 4) is 0 Å². The number of rotatable bonds is 5. The number of pyridine rings is 1. The average molecular weight is 382 g/mol. The Bertz CT molecular complexity index is 981. The minimum Gasteiger partial charge on any atom is -0.348 e. The van der Waals surface area contributed by atoms with Crippen LogP contribution in [0.1, 0.15) is 34.6 Å². The third-order valence-electron chi connectivity index (χ3n) is 4.82. The molecule has 1 aliphatic rings. The van der Waals surface area contributed by atoms with E-state index in [2.05, 4.69) is 31.7 Å². The lowest BCUT2D eigenvalue weighted by Crippen LogP contribution is -2.59. The van der Waals surface area contributed by atoms with Gasteiger partial charge < -0.3 is 15.5 Å². The van der Waals surface area contributed by atoms with Crippen LogP contribution in [0.5, 0.6) is 0 Å². The molecule has 1 unspecified atom stereocenters. The van der Waals surface area contributed by atoms with E-state index in [4.69, 9.17) is 0 Å². The quantitative estimate of drug-likeness (QED) is 0.706. The van der Waals surface area contributed by atoms with E-state index in [1.165, 1.54) is 11.3 Å². The van der Waals surface area contributed by atoms with Crippen molar-refractivity contribution in [2.24, 2.45) is 0 Å². The highest BCUT2D eigenvalue weighted by atomic mass is 32.1. The smallest absolute Gasteiger partial charge is 0.274 e. The second-order valence-corrected chi connectivity index (χ2v) is 7.80. The van der Waals surface area contributed by atoms with E-state index in [1.807, 2.05) is 49.6 Å². The fraction of sp³-hybridized carbons (Fsp3) is 0.368. The number of aromatic nitrogens is 3. The van der Waals surface area contributed by atoms with E-state index >= 15 is 0 Å². The summed E-state index contributed by atoms with van der Waals surface area (Å²) in [6, 6.07) is 4.35. The van der Waals surface area contributed by atoms with Crippen molar-refractivity contribution in [3.63, 3.8) is 0 Å². The van der Waals surface area contributed by atoms with Crippen molar-refractivity contribution in [1.82, 2.24) is 25.2 Å². The summed E-state index contributed by atoms with van der Waals surface area (Å²) in [6.45, 7) is 5.46. The highest BCUT2D eigenvalue weighted by Gasteiger charge is 2.32. The van der Waals surface area contributed by atoms with Crippen LogP contribution in [0, 0.1) is 6.92 Å². The summed E-state index contributed by atoms with van der Waals surface area (Å²) in [5, 5.41) is 8.45. The Balaban J connectivity index is 1.61. The van der Waals surface area contributed by atoms with Crippen LogP contribution in [-0.4, -0.2) is 51.9 Å². The van der Waals surface area contributed by atoms with Gasteiger partial charge in [-0.15, -0.1) is 11.3 Å². The molecule has 140 valence electrons. The van der Waals surface area contributed by atoms with Gasteiger partial charge in [0.05, 0.1) is 16.3 Å². The highest BCUT2D eigenvalue weighted by Crippen LogP contribution is 2.27. The summed E-state index contributed by atoms with van der Waals surface area (Å²) >= 11 is 1.50. The van der Waals surface area contributed by atoms with Gasteiger partial charge in [-0.25, -0.2) is 9.97 Å². The zero-order valence-electron chi connectivity index (χ0n) is 15.6. The van der Waals surface area contributed by atoms with Crippen LogP contribution >= 0.6 is 11.3 Å². The summed E-state index contributed by atoms with van der Waals surface area (Å²) in [6.07, 6.45) is 3.66. The maximum atomic E-state index is 12.9. The van der Waals surface area contributed by atoms with Crippen molar-refractivity contribution < 1.29 is 4.79 Å². The molecule has 1 saturated heterocycles. The van der Waals surface area contributed by atoms with Crippen LogP contribution in [0.25, 0.3) is 10.2 Å². The topological polar surface area (TPSA) is 83.0 Å². The van der Waals surface area contributed by atoms with Crippen LogP contribution in [0.15, 0.2) is 29.9 Å². The normalized spacial score (nSPS) is 15.6. The molecule has 1 amide bonds. The fourth-order valence-electron chi connectivity index (χ4n) is 3.14. The largest absolute Gasteiger partial charge is 0.348 e. The van der Waals surface area contributed by atoms with Crippen molar-refractivity contribution in [2.45, 2.75) is 25.9 Å². The van der Waals surface area contributed by atoms with E-state index in [0.29, 0.717) is 30.8 Å². The Morgan fingerprint density at radius 2 is 2.15 bits per heavy atom. The molecule has 0 aromatic carbocycles. The Hall–Kier alpha value is -2.58. The molecule has 3 aromatic heterocycles. The maximum absolute atomic E-state index is 12.9. The predicted octanol–water partition coefficient (Wildman–Crippen LogP) is 2.61. The van der Waals surface area contributed by atoms with E-state index < -0.39 is 0 Å². The van der Waals surface area contributed by atoms with Gasteiger partial charge in [0, 0.05) is 31.5 Å². The van der Waals surface area contributed by atoms with Gasteiger partial charge in [-0.2, -0.15) is 0 Å².